The van der Waals surface area contributed by atoms with Crippen LogP contribution in [-0.2, 0) is 0 Å². The summed E-state index contributed by atoms with van der Waals surface area (Å²) < 4.78 is 23.9. The average Bonchev–Trinajstić information content (AvgIpc) is 3.17. The summed E-state index contributed by atoms with van der Waals surface area (Å²) in [4.78, 5) is 16.8. The number of hydrogen-bond donors (Lipinski definition) is 2. The van der Waals surface area contributed by atoms with E-state index in [0.717, 1.165) is 0 Å². The van der Waals surface area contributed by atoms with Gasteiger partial charge in [0.1, 0.15) is 17.1 Å². The predicted molar refractivity (Wildman–Crippen MR) is 121 cm³/mol. The molecule has 0 bridgehead atoms. The van der Waals surface area contributed by atoms with Crippen molar-refractivity contribution in [1.29, 1.82) is 0 Å². The van der Waals surface area contributed by atoms with Crippen LogP contribution < -0.4 is 15.4 Å². The van der Waals surface area contributed by atoms with Crippen LogP contribution in [-0.4, -0.2) is 23.1 Å². The molecule has 3 aromatic carbocycles. The third-order valence-corrected chi connectivity index (χ3v) is 4.88. The highest BCUT2D eigenvalue weighted by Gasteiger charge is 2.12. The zero-order valence-corrected chi connectivity index (χ0v) is 17.7. The zero-order chi connectivity index (χ0) is 22.0. The highest BCUT2D eigenvalue weighted by molar-refractivity contribution is 7.80. The van der Waals surface area contributed by atoms with E-state index in [1.807, 2.05) is 0 Å². The molecule has 1 amide bonds. The molecule has 0 atom stereocenters. The first-order valence-corrected chi connectivity index (χ1v) is 9.84. The third kappa shape index (κ3) is 4.65. The van der Waals surface area contributed by atoms with Crippen LogP contribution in [0.25, 0.3) is 22.6 Å². The van der Waals surface area contributed by atoms with Gasteiger partial charge in [0, 0.05) is 16.8 Å². The van der Waals surface area contributed by atoms with Gasteiger partial charge in [-0.2, -0.15) is 0 Å². The number of benzene rings is 3. The lowest BCUT2D eigenvalue weighted by Crippen LogP contribution is -2.34. The SMILES string of the molecule is COc1ccc(C(=O)NC(=S)Nc2ccc3oc(-c4ccc(F)cc4)nc3c2)cc1Cl. The first-order chi connectivity index (χ1) is 14.9. The molecule has 156 valence electrons. The first kappa shape index (κ1) is 20.8. The molecular formula is C22H15ClFN3O3S. The Hall–Kier alpha value is -3.49. The van der Waals surface area contributed by atoms with Gasteiger partial charge in [0.25, 0.3) is 5.91 Å². The minimum Gasteiger partial charge on any atom is -0.495 e. The molecule has 0 aliphatic heterocycles. The Bertz CT molecular complexity index is 1290. The standard InChI is InChI=1S/C22H15ClFN3O3S/c1-29-18-8-4-13(10-16(18)23)20(28)27-22(31)25-15-7-9-19-17(11-15)26-21(30-19)12-2-5-14(24)6-3-12/h2-11H,1H3,(H2,25,27,28,31). The highest BCUT2D eigenvalue weighted by Crippen LogP contribution is 2.27. The molecule has 9 heteroatoms. The quantitative estimate of drug-likeness (QED) is 0.400. The lowest BCUT2D eigenvalue weighted by atomic mass is 10.2. The van der Waals surface area contributed by atoms with Crippen molar-refractivity contribution in [2.75, 3.05) is 12.4 Å². The number of anilines is 1. The Morgan fingerprint density at radius 3 is 2.61 bits per heavy atom. The van der Waals surface area contributed by atoms with E-state index in [-0.39, 0.29) is 10.9 Å². The summed E-state index contributed by atoms with van der Waals surface area (Å²) >= 11 is 11.3. The van der Waals surface area contributed by atoms with Gasteiger partial charge in [-0.25, -0.2) is 9.37 Å². The molecule has 4 rings (SSSR count). The smallest absolute Gasteiger partial charge is 0.257 e. The summed E-state index contributed by atoms with van der Waals surface area (Å²) in [5.41, 5.74) is 2.76. The van der Waals surface area contributed by atoms with Crippen LogP contribution in [0.3, 0.4) is 0 Å². The van der Waals surface area contributed by atoms with Crippen LogP contribution in [0.15, 0.2) is 65.1 Å². The first-order valence-electron chi connectivity index (χ1n) is 9.05. The molecule has 0 fully saturated rings. The van der Waals surface area contributed by atoms with Gasteiger partial charge in [-0.15, -0.1) is 0 Å². The molecule has 0 unspecified atom stereocenters. The predicted octanol–water partition coefficient (Wildman–Crippen LogP) is 5.42. The summed E-state index contributed by atoms with van der Waals surface area (Å²) in [6.45, 7) is 0. The summed E-state index contributed by atoms with van der Waals surface area (Å²) in [5, 5.41) is 5.97. The largest absolute Gasteiger partial charge is 0.495 e. The lowest BCUT2D eigenvalue weighted by molar-refractivity contribution is 0.0977. The number of rotatable bonds is 4. The molecule has 0 saturated heterocycles. The maximum absolute atomic E-state index is 13.1. The molecule has 4 aromatic rings. The van der Waals surface area contributed by atoms with Gasteiger partial charge in [-0.05, 0) is 72.9 Å². The van der Waals surface area contributed by atoms with E-state index in [9.17, 15) is 9.18 Å². The van der Waals surface area contributed by atoms with Crippen molar-refractivity contribution < 1.29 is 18.3 Å². The number of methoxy groups -OCH3 is 1. The van der Waals surface area contributed by atoms with E-state index in [2.05, 4.69) is 15.6 Å². The van der Waals surface area contributed by atoms with E-state index in [1.54, 1.807) is 42.5 Å². The van der Waals surface area contributed by atoms with E-state index in [4.69, 9.17) is 33.0 Å². The number of ether oxygens (including phenoxy) is 1. The Kier molecular flexibility index (Phi) is 5.83. The number of amides is 1. The Labute approximate surface area is 187 Å². The molecule has 1 heterocycles. The highest BCUT2D eigenvalue weighted by atomic mass is 35.5. The lowest BCUT2D eigenvalue weighted by Gasteiger charge is -2.10. The number of hydrogen-bond acceptors (Lipinski definition) is 5. The summed E-state index contributed by atoms with van der Waals surface area (Å²) in [6, 6.07) is 15.8. The molecule has 0 aliphatic carbocycles. The second kappa shape index (κ2) is 8.71. The van der Waals surface area contributed by atoms with Crippen molar-refractivity contribution >= 4 is 51.6 Å². The number of halogens is 2. The maximum Gasteiger partial charge on any atom is 0.257 e. The number of aromatic nitrogens is 1. The van der Waals surface area contributed by atoms with E-state index in [0.29, 0.717) is 44.6 Å². The Morgan fingerprint density at radius 1 is 1.13 bits per heavy atom. The van der Waals surface area contributed by atoms with Crippen molar-refractivity contribution in [3.63, 3.8) is 0 Å². The molecule has 0 saturated carbocycles. The topological polar surface area (TPSA) is 76.4 Å². The van der Waals surface area contributed by atoms with Gasteiger partial charge in [0.2, 0.25) is 5.89 Å². The number of carbonyl (C=O) groups is 1. The molecule has 0 spiro atoms. The van der Waals surface area contributed by atoms with Gasteiger partial charge in [0.05, 0.1) is 12.1 Å². The Balaban J connectivity index is 1.46. The van der Waals surface area contributed by atoms with Crippen molar-refractivity contribution in [2.24, 2.45) is 0 Å². The summed E-state index contributed by atoms with van der Waals surface area (Å²) in [6.07, 6.45) is 0. The number of oxazole rings is 1. The van der Waals surface area contributed by atoms with Crippen LogP contribution in [0.5, 0.6) is 5.75 Å². The molecule has 1 aromatic heterocycles. The maximum atomic E-state index is 13.1. The molecule has 6 nitrogen and oxygen atoms in total. The monoisotopic (exact) mass is 455 g/mol. The van der Waals surface area contributed by atoms with Gasteiger partial charge in [-0.3, -0.25) is 10.1 Å². The van der Waals surface area contributed by atoms with Crippen molar-refractivity contribution in [3.8, 4) is 17.2 Å². The Morgan fingerprint density at radius 2 is 1.90 bits per heavy atom. The number of carbonyl (C=O) groups excluding carboxylic acids is 1. The minimum absolute atomic E-state index is 0.110. The van der Waals surface area contributed by atoms with Crippen LogP contribution >= 0.6 is 23.8 Å². The number of nitrogens with one attached hydrogen (secondary N) is 2. The number of thiocarbonyl (C=S) groups is 1. The van der Waals surface area contributed by atoms with Gasteiger partial charge >= 0.3 is 0 Å². The second-order valence-electron chi connectivity index (χ2n) is 6.47. The van der Waals surface area contributed by atoms with E-state index < -0.39 is 5.91 Å². The summed E-state index contributed by atoms with van der Waals surface area (Å²) in [5.74, 6) is 0.0984. The number of fused-ring (bicyclic) bond motifs is 1. The van der Waals surface area contributed by atoms with E-state index >= 15 is 0 Å². The van der Waals surface area contributed by atoms with Crippen molar-refractivity contribution in [3.05, 3.63) is 77.1 Å². The van der Waals surface area contributed by atoms with Gasteiger partial charge < -0.3 is 14.5 Å². The van der Waals surface area contributed by atoms with Gasteiger partial charge in [-0.1, -0.05) is 11.6 Å². The fraction of sp³-hybridized carbons (Fsp3) is 0.0455. The fourth-order valence-electron chi connectivity index (χ4n) is 2.87. The molecule has 0 radical (unpaired) electrons. The number of nitrogens with zero attached hydrogens (tertiary/aromatic N) is 1. The zero-order valence-electron chi connectivity index (χ0n) is 16.1. The van der Waals surface area contributed by atoms with Crippen LogP contribution in [0, 0.1) is 5.82 Å². The van der Waals surface area contributed by atoms with E-state index in [1.165, 1.54) is 25.3 Å². The fourth-order valence-corrected chi connectivity index (χ4v) is 3.33. The van der Waals surface area contributed by atoms with Crippen LogP contribution in [0.4, 0.5) is 10.1 Å². The molecular weight excluding hydrogens is 441 g/mol. The average molecular weight is 456 g/mol. The van der Waals surface area contributed by atoms with Crippen molar-refractivity contribution in [2.45, 2.75) is 0 Å². The third-order valence-electron chi connectivity index (χ3n) is 4.38. The summed E-state index contributed by atoms with van der Waals surface area (Å²) in [7, 11) is 1.49. The van der Waals surface area contributed by atoms with Crippen LogP contribution in [0.2, 0.25) is 5.02 Å². The molecule has 2 N–H and O–H groups in total. The molecule has 0 aliphatic rings. The van der Waals surface area contributed by atoms with Gasteiger partial charge in [0.15, 0.2) is 10.7 Å². The van der Waals surface area contributed by atoms with Crippen LogP contribution in [0.1, 0.15) is 10.4 Å². The minimum atomic E-state index is -0.414. The van der Waals surface area contributed by atoms with Crippen molar-refractivity contribution in [1.82, 2.24) is 10.3 Å². The molecule has 31 heavy (non-hydrogen) atoms. The normalized spacial score (nSPS) is 10.7. The second-order valence-corrected chi connectivity index (χ2v) is 7.28.